The van der Waals surface area contributed by atoms with Gasteiger partial charge in [-0.2, -0.15) is 5.26 Å². The van der Waals surface area contributed by atoms with Crippen LogP contribution in [0, 0.1) is 11.3 Å². The van der Waals surface area contributed by atoms with Gasteiger partial charge in [0.1, 0.15) is 0 Å². The van der Waals surface area contributed by atoms with Gasteiger partial charge in [0.15, 0.2) is 0 Å². The molecule has 2 N–H and O–H groups in total. The second-order valence-electron chi connectivity index (χ2n) is 4.83. The number of nitrogen functional groups attached to an aromatic ring is 1. The second-order valence-corrected chi connectivity index (χ2v) is 4.83. The lowest BCUT2D eigenvalue weighted by atomic mass is 9.99. The van der Waals surface area contributed by atoms with E-state index >= 15 is 0 Å². The molecule has 1 aliphatic heterocycles. The SMILES string of the molecule is N#Cc1ccc(N2CCc3ccccc3C2)c(N)c1. The Balaban J connectivity index is 1.91. The summed E-state index contributed by atoms with van der Waals surface area (Å²) < 4.78 is 0. The quantitative estimate of drug-likeness (QED) is 0.791. The summed E-state index contributed by atoms with van der Waals surface area (Å²) in [5, 5.41) is 8.87. The fourth-order valence-corrected chi connectivity index (χ4v) is 2.61. The molecule has 0 unspecified atom stereocenters. The molecule has 0 bridgehead atoms. The molecule has 1 aliphatic rings. The van der Waals surface area contributed by atoms with Gasteiger partial charge in [0.05, 0.1) is 23.0 Å². The minimum atomic E-state index is 0.610. The highest BCUT2D eigenvalue weighted by Crippen LogP contribution is 2.29. The van der Waals surface area contributed by atoms with Gasteiger partial charge in [-0.05, 0) is 35.7 Å². The molecule has 0 aromatic heterocycles. The van der Waals surface area contributed by atoms with Crippen LogP contribution in [0.5, 0.6) is 0 Å². The molecule has 94 valence electrons. The summed E-state index contributed by atoms with van der Waals surface area (Å²) >= 11 is 0. The minimum Gasteiger partial charge on any atom is -0.397 e. The Labute approximate surface area is 112 Å². The van der Waals surface area contributed by atoms with Crippen molar-refractivity contribution in [3.63, 3.8) is 0 Å². The van der Waals surface area contributed by atoms with Crippen LogP contribution in [0.3, 0.4) is 0 Å². The average molecular weight is 249 g/mol. The topological polar surface area (TPSA) is 53.0 Å². The summed E-state index contributed by atoms with van der Waals surface area (Å²) in [6.45, 7) is 1.85. The molecular formula is C16H15N3. The van der Waals surface area contributed by atoms with Gasteiger partial charge in [-0.3, -0.25) is 0 Å². The zero-order valence-electron chi connectivity index (χ0n) is 10.6. The number of hydrogen-bond acceptors (Lipinski definition) is 3. The van der Waals surface area contributed by atoms with Crippen LogP contribution in [0.1, 0.15) is 16.7 Å². The van der Waals surface area contributed by atoms with Crippen LogP contribution in [0.2, 0.25) is 0 Å². The van der Waals surface area contributed by atoms with Gasteiger partial charge in [0, 0.05) is 13.1 Å². The van der Waals surface area contributed by atoms with E-state index in [9.17, 15) is 0 Å². The van der Waals surface area contributed by atoms with E-state index < -0.39 is 0 Å². The Kier molecular flexibility index (Phi) is 2.85. The van der Waals surface area contributed by atoms with Crippen molar-refractivity contribution < 1.29 is 0 Å². The molecule has 3 rings (SSSR count). The van der Waals surface area contributed by atoms with Gasteiger partial charge in [0.2, 0.25) is 0 Å². The van der Waals surface area contributed by atoms with Crippen LogP contribution in [-0.2, 0) is 13.0 Å². The van der Waals surface area contributed by atoms with E-state index in [1.165, 1.54) is 11.1 Å². The monoisotopic (exact) mass is 249 g/mol. The van der Waals surface area contributed by atoms with Crippen LogP contribution in [0.25, 0.3) is 0 Å². The maximum Gasteiger partial charge on any atom is 0.0992 e. The van der Waals surface area contributed by atoms with Crippen molar-refractivity contribution in [3.05, 3.63) is 59.2 Å². The predicted molar refractivity (Wildman–Crippen MR) is 76.8 cm³/mol. The average Bonchev–Trinajstić information content (AvgIpc) is 2.46. The minimum absolute atomic E-state index is 0.610. The molecule has 0 radical (unpaired) electrons. The van der Waals surface area contributed by atoms with Crippen molar-refractivity contribution in [1.82, 2.24) is 0 Å². The summed E-state index contributed by atoms with van der Waals surface area (Å²) in [6, 6.07) is 16.2. The fraction of sp³-hybridized carbons (Fsp3) is 0.188. The molecule has 3 heteroatoms. The van der Waals surface area contributed by atoms with Gasteiger partial charge >= 0.3 is 0 Å². The summed E-state index contributed by atoms with van der Waals surface area (Å²) in [6.07, 6.45) is 1.04. The first-order chi connectivity index (χ1) is 9.28. The molecule has 0 spiro atoms. The zero-order valence-corrected chi connectivity index (χ0v) is 10.6. The van der Waals surface area contributed by atoms with Gasteiger partial charge < -0.3 is 10.6 Å². The molecule has 2 aromatic carbocycles. The van der Waals surface area contributed by atoms with Crippen molar-refractivity contribution in [3.8, 4) is 6.07 Å². The number of rotatable bonds is 1. The number of nitriles is 1. The predicted octanol–water partition coefficient (Wildman–Crippen LogP) is 2.70. The molecule has 0 saturated carbocycles. The fourth-order valence-electron chi connectivity index (χ4n) is 2.61. The molecular weight excluding hydrogens is 234 g/mol. The van der Waals surface area contributed by atoms with E-state index in [1.807, 2.05) is 12.1 Å². The Morgan fingerprint density at radius 3 is 2.63 bits per heavy atom. The summed E-state index contributed by atoms with van der Waals surface area (Å²) in [5.74, 6) is 0. The van der Waals surface area contributed by atoms with Crippen molar-refractivity contribution >= 4 is 11.4 Å². The summed E-state index contributed by atoms with van der Waals surface area (Å²) in [7, 11) is 0. The largest absolute Gasteiger partial charge is 0.397 e. The van der Waals surface area contributed by atoms with Crippen molar-refractivity contribution in [2.45, 2.75) is 13.0 Å². The number of anilines is 2. The second kappa shape index (κ2) is 4.66. The Morgan fingerprint density at radius 2 is 1.89 bits per heavy atom. The van der Waals surface area contributed by atoms with E-state index in [1.54, 1.807) is 6.07 Å². The third-order valence-corrected chi connectivity index (χ3v) is 3.63. The normalized spacial score (nSPS) is 13.7. The summed E-state index contributed by atoms with van der Waals surface area (Å²) in [5.41, 5.74) is 11.1. The summed E-state index contributed by atoms with van der Waals surface area (Å²) in [4.78, 5) is 2.28. The maximum atomic E-state index is 8.87. The number of hydrogen-bond donors (Lipinski definition) is 1. The van der Waals surface area contributed by atoms with Crippen LogP contribution in [-0.4, -0.2) is 6.54 Å². The molecule has 0 amide bonds. The van der Waals surface area contributed by atoms with Crippen molar-refractivity contribution in [2.24, 2.45) is 0 Å². The molecule has 0 saturated heterocycles. The molecule has 3 nitrogen and oxygen atoms in total. The molecule has 0 atom stereocenters. The van der Waals surface area contributed by atoms with Crippen LogP contribution in [0.4, 0.5) is 11.4 Å². The molecule has 0 aliphatic carbocycles. The number of fused-ring (bicyclic) bond motifs is 1. The van der Waals surface area contributed by atoms with Gasteiger partial charge in [-0.25, -0.2) is 0 Å². The van der Waals surface area contributed by atoms with Crippen LogP contribution in [0.15, 0.2) is 42.5 Å². The lowest BCUT2D eigenvalue weighted by Gasteiger charge is -2.31. The first-order valence-electron chi connectivity index (χ1n) is 6.39. The molecule has 1 heterocycles. The number of nitrogens with zero attached hydrogens (tertiary/aromatic N) is 2. The van der Waals surface area contributed by atoms with E-state index in [-0.39, 0.29) is 0 Å². The number of nitrogens with two attached hydrogens (primary N) is 1. The maximum absolute atomic E-state index is 8.87. The van der Waals surface area contributed by atoms with E-state index in [0.29, 0.717) is 11.3 Å². The van der Waals surface area contributed by atoms with Gasteiger partial charge in [-0.1, -0.05) is 24.3 Å². The Bertz CT molecular complexity index is 655. The zero-order chi connectivity index (χ0) is 13.2. The van der Waals surface area contributed by atoms with E-state index in [2.05, 4.69) is 35.2 Å². The van der Waals surface area contributed by atoms with E-state index in [0.717, 1.165) is 25.2 Å². The van der Waals surface area contributed by atoms with Crippen molar-refractivity contribution in [1.29, 1.82) is 5.26 Å². The third-order valence-electron chi connectivity index (χ3n) is 3.63. The molecule has 19 heavy (non-hydrogen) atoms. The lowest BCUT2D eigenvalue weighted by molar-refractivity contribution is 0.733. The van der Waals surface area contributed by atoms with Crippen LogP contribution < -0.4 is 10.6 Å². The van der Waals surface area contributed by atoms with Crippen molar-refractivity contribution in [2.75, 3.05) is 17.2 Å². The first-order valence-corrected chi connectivity index (χ1v) is 6.39. The Morgan fingerprint density at radius 1 is 1.11 bits per heavy atom. The smallest absolute Gasteiger partial charge is 0.0992 e. The highest BCUT2D eigenvalue weighted by Gasteiger charge is 2.17. The number of benzene rings is 2. The van der Waals surface area contributed by atoms with Crippen LogP contribution >= 0.6 is 0 Å². The molecule has 2 aromatic rings. The Hall–Kier alpha value is -2.47. The van der Waals surface area contributed by atoms with Gasteiger partial charge in [0.25, 0.3) is 0 Å². The van der Waals surface area contributed by atoms with Gasteiger partial charge in [-0.15, -0.1) is 0 Å². The first kappa shape index (κ1) is 11.6. The third kappa shape index (κ3) is 2.13. The highest BCUT2D eigenvalue weighted by molar-refractivity contribution is 5.70. The molecule has 0 fully saturated rings. The van der Waals surface area contributed by atoms with E-state index in [4.69, 9.17) is 11.0 Å². The standard InChI is InChI=1S/C16H15N3/c17-10-12-5-6-16(15(18)9-12)19-8-7-13-3-1-2-4-14(13)11-19/h1-6,9H,7-8,11,18H2. The highest BCUT2D eigenvalue weighted by atomic mass is 15.1. The lowest BCUT2D eigenvalue weighted by Crippen LogP contribution is -2.30.